The number of nitriles is 1. The van der Waals surface area contributed by atoms with Crippen LogP contribution in [-0.4, -0.2) is 9.38 Å². The Morgan fingerprint density at radius 2 is 2.38 bits per heavy atom. The molecule has 64 valence electrons. The largest absolute Gasteiger partial charge is 0.383 e. The highest BCUT2D eigenvalue weighted by Crippen LogP contribution is 2.14. The summed E-state index contributed by atoms with van der Waals surface area (Å²) in [5.74, 6) is 0.625. The van der Waals surface area contributed by atoms with Crippen LogP contribution in [-0.2, 0) is 0 Å². The lowest BCUT2D eigenvalue weighted by atomic mass is 10.3. The molecule has 0 aromatic carbocycles. The zero-order valence-corrected chi connectivity index (χ0v) is 7.15. The van der Waals surface area contributed by atoms with Crippen molar-refractivity contribution in [2.24, 2.45) is 0 Å². The fourth-order valence-corrected chi connectivity index (χ4v) is 1.25. The SMILES string of the molecule is Cc1nc2cc(C#N)ccn2c1N. The number of aromatic nitrogens is 2. The van der Waals surface area contributed by atoms with Gasteiger partial charge in [-0.2, -0.15) is 5.26 Å². The highest BCUT2D eigenvalue weighted by Gasteiger charge is 2.04. The minimum absolute atomic E-state index is 0.595. The molecule has 0 bridgehead atoms. The van der Waals surface area contributed by atoms with E-state index in [-0.39, 0.29) is 0 Å². The van der Waals surface area contributed by atoms with Gasteiger partial charge in [-0.05, 0) is 19.1 Å². The summed E-state index contributed by atoms with van der Waals surface area (Å²) < 4.78 is 1.76. The highest BCUT2D eigenvalue weighted by molar-refractivity contribution is 5.55. The number of fused-ring (bicyclic) bond motifs is 1. The van der Waals surface area contributed by atoms with Gasteiger partial charge in [0.25, 0.3) is 0 Å². The summed E-state index contributed by atoms with van der Waals surface area (Å²) in [6.07, 6.45) is 1.75. The maximum Gasteiger partial charge on any atom is 0.139 e. The van der Waals surface area contributed by atoms with E-state index in [0.29, 0.717) is 17.0 Å². The molecule has 0 saturated carbocycles. The van der Waals surface area contributed by atoms with Crippen molar-refractivity contribution in [1.82, 2.24) is 9.38 Å². The highest BCUT2D eigenvalue weighted by atomic mass is 15.1. The molecule has 4 heteroatoms. The zero-order valence-electron chi connectivity index (χ0n) is 7.15. The van der Waals surface area contributed by atoms with Crippen molar-refractivity contribution in [2.75, 3.05) is 5.73 Å². The molecule has 0 atom stereocenters. The molecule has 0 saturated heterocycles. The molecule has 13 heavy (non-hydrogen) atoms. The van der Waals surface area contributed by atoms with E-state index in [9.17, 15) is 0 Å². The lowest BCUT2D eigenvalue weighted by Crippen LogP contribution is -1.93. The Hall–Kier alpha value is -2.02. The first-order valence-electron chi connectivity index (χ1n) is 3.86. The number of nitrogens with two attached hydrogens (primary N) is 1. The van der Waals surface area contributed by atoms with Gasteiger partial charge in [-0.15, -0.1) is 0 Å². The number of hydrogen-bond donors (Lipinski definition) is 1. The third-order valence-electron chi connectivity index (χ3n) is 1.98. The Kier molecular flexibility index (Phi) is 1.46. The van der Waals surface area contributed by atoms with E-state index < -0.39 is 0 Å². The Morgan fingerprint density at radius 1 is 1.62 bits per heavy atom. The summed E-state index contributed by atoms with van der Waals surface area (Å²) in [6, 6.07) is 5.48. The number of nitrogens with zero attached hydrogens (tertiary/aromatic N) is 3. The third kappa shape index (κ3) is 1.02. The van der Waals surface area contributed by atoms with E-state index in [4.69, 9.17) is 11.0 Å². The molecule has 0 aliphatic heterocycles. The number of nitrogen functional groups attached to an aromatic ring is 1. The Morgan fingerprint density at radius 3 is 3.08 bits per heavy atom. The van der Waals surface area contributed by atoms with Crippen LogP contribution in [0.4, 0.5) is 5.82 Å². The minimum Gasteiger partial charge on any atom is -0.383 e. The summed E-state index contributed by atoms with van der Waals surface area (Å²) in [7, 11) is 0. The Bertz CT molecular complexity index is 504. The van der Waals surface area contributed by atoms with Gasteiger partial charge in [0.05, 0.1) is 17.3 Å². The molecule has 2 heterocycles. The van der Waals surface area contributed by atoms with Gasteiger partial charge in [0.15, 0.2) is 0 Å². The van der Waals surface area contributed by atoms with Crippen molar-refractivity contribution in [2.45, 2.75) is 6.92 Å². The molecule has 0 spiro atoms. The second kappa shape index (κ2) is 2.49. The summed E-state index contributed by atoms with van der Waals surface area (Å²) >= 11 is 0. The quantitative estimate of drug-likeness (QED) is 0.647. The van der Waals surface area contributed by atoms with Crippen LogP contribution in [0.1, 0.15) is 11.3 Å². The van der Waals surface area contributed by atoms with E-state index in [1.54, 1.807) is 22.7 Å². The van der Waals surface area contributed by atoms with Gasteiger partial charge in [-0.3, -0.25) is 4.40 Å². The van der Waals surface area contributed by atoms with Gasteiger partial charge < -0.3 is 5.73 Å². The van der Waals surface area contributed by atoms with Crippen LogP contribution in [0.5, 0.6) is 0 Å². The van der Waals surface area contributed by atoms with Crippen molar-refractivity contribution in [3.8, 4) is 6.07 Å². The number of rotatable bonds is 0. The van der Waals surface area contributed by atoms with Crippen LogP contribution in [0.3, 0.4) is 0 Å². The molecule has 0 fully saturated rings. The monoisotopic (exact) mass is 172 g/mol. The molecule has 2 N–H and O–H groups in total. The van der Waals surface area contributed by atoms with Gasteiger partial charge in [0.2, 0.25) is 0 Å². The third-order valence-corrected chi connectivity index (χ3v) is 1.98. The van der Waals surface area contributed by atoms with Crippen molar-refractivity contribution in [1.29, 1.82) is 5.26 Å². The molecule has 2 rings (SSSR count). The van der Waals surface area contributed by atoms with Gasteiger partial charge >= 0.3 is 0 Å². The lowest BCUT2D eigenvalue weighted by molar-refractivity contribution is 1.19. The van der Waals surface area contributed by atoms with Crippen LogP contribution in [0, 0.1) is 18.3 Å². The maximum absolute atomic E-state index is 8.65. The normalized spacial score (nSPS) is 10.2. The molecule has 2 aromatic rings. The van der Waals surface area contributed by atoms with Crippen molar-refractivity contribution in [3.63, 3.8) is 0 Å². The average Bonchev–Trinajstić information content (AvgIpc) is 2.42. The van der Waals surface area contributed by atoms with E-state index in [0.717, 1.165) is 5.69 Å². The average molecular weight is 172 g/mol. The first kappa shape index (κ1) is 7.62. The number of imidazole rings is 1. The second-order valence-corrected chi connectivity index (χ2v) is 2.84. The summed E-state index contributed by atoms with van der Waals surface area (Å²) in [6.45, 7) is 1.84. The minimum atomic E-state index is 0.595. The van der Waals surface area contributed by atoms with E-state index in [1.807, 2.05) is 6.92 Å². The summed E-state index contributed by atoms with van der Waals surface area (Å²) in [4.78, 5) is 4.21. The van der Waals surface area contributed by atoms with Gasteiger partial charge in [0, 0.05) is 6.20 Å². The predicted molar refractivity (Wildman–Crippen MR) is 49.1 cm³/mol. The second-order valence-electron chi connectivity index (χ2n) is 2.84. The van der Waals surface area contributed by atoms with Crippen LogP contribution in [0.2, 0.25) is 0 Å². The summed E-state index contributed by atoms with van der Waals surface area (Å²) in [5.41, 5.74) is 7.85. The standard InChI is InChI=1S/C9H8N4/c1-6-9(11)13-3-2-7(5-10)4-8(13)12-6/h2-4H,11H2,1H3. The topological polar surface area (TPSA) is 67.1 Å². The number of hydrogen-bond acceptors (Lipinski definition) is 3. The van der Waals surface area contributed by atoms with Crippen molar-refractivity contribution < 1.29 is 0 Å². The zero-order chi connectivity index (χ0) is 9.42. The number of anilines is 1. The molecule has 4 nitrogen and oxygen atoms in total. The lowest BCUT2D eigenvalue weighted by Gasteiger charge is -1.95. The van der Waals surface area contributed by atoms with Crippen molar-refractivity contribution in [3.05, 3.63) is 29.6 Å². The fourth-order valence-electron chi connectivity index (χ4n) is 1.25. The smallest absolute Gasteiger partial charge is 0.139 e. The molecule has 0 unspecified atom stereocenters. The summed E-state index contributed by atoms with van der Waals surface area (Å²) in [5, 5.41) is 8.65. The first-order chi connectivity index (χ1) is 6.22. The molecule has 2 aromatic heterocycles. The first-order valence-corrected chi connectivity index (χ1v) is 3.86. The van der Waals surface area contributed by atoms with Crippen LogP contribution in [0.15, 0.2) is 18.3 Å². The van der Waals surface area contributed by atoms with Gasteiger partial charge in [-0.1, -0.05) is 0 Å². The van der Waals surface area contributed by atoms with E-state index >= 15 is 0 Å². The molecule has 0 amide bonds. The van der Waals surface area contributed by atoms with E-state index in [2.05, 4.69) is 11.1 Å². The molecule has 0 aliphatic carbocycles. The molecule has 0 radical (unpaired) electrons. The number of pyridine rings is 1. The Balaban J connectivity index is 2.82. The maximum atomic E-state index is 8.65. The Labute approximate surface area is 75.2 Å². The van der Waals surface area contributed by atoms with Gasteiger partial charge in [0.1, 0.15) is 11.5 Å². The van der Waals surface area contributed by atoms with Crippen LogP contribution < -0.4 is 5.73 Å². The number of aryl methyl sites for hydroxylation is 1. The van der Waals surface area contributed by atoms with Crippen LogP contribution in [0.25, 0.3) is 5.65 Å². The van der Waals surface area contributed by atoms with E-state index in [1.165, 1.54) is 0 Å². The fraction of sp³-hybridized carbons (Fsp3) is 0.111. The van der Waals surface area contributed by atoms with Crippen LogP contribution >= 0.6 is 0 Å². The predicted octanol–water partition coefficient (Wildman–Crippen LogP) is 1.10. The van der Waals surface area contributed by atoms with Gasteiger partial charge in [-0.25, -0.2) is 4.98 Å². The van der Waals surface area contributed by atoms with Crippen molar-refractivity contribution >= 4 is 11.5 Å². The molecule has 0 aliphatic rings. The molecular formula is C9H8N4. The molecular weight excluding hydrogens is 164 g/mol.